The molecule has 0 N–H and O–H groups in total. The van der Waals surface area contributed by atoms with Gasteiger partial charge in [-0.05, 0) is 57.6 Å². The molecule has 1 atom stereocenters. The molecule has 0 aromatic carbocycles. The van der Waals surface area contributed by atoms with Gasteiger partial charge in [-0.1, -0.05) is 33.1 Å². The van der Waals surface area contributed by atoms with Crippen molar-refractivity contribution in [2.75, 3.05) is 27.9 Å². The van der Waals surface area contributed by atoms with Gasteiger partial charge in [-0.3, -0.25) is 0 Å². The first-order valence-corrected chi connectivity index (χ1v) is 18.7. The SMILES string of the molecule is CC=C(OCC(CC)CCCC)O[Si](C)(C)O[Si](C)(C)CC[Si](OC)(OC)OC. The fourth-order valence-electron chi connectivity index (χ4n) is 3.26. The average Bonchev–Trinajstić information content (AvgIpc) is 2.67. The number of hydrogen-bond acceptors (Lipinski definition) is 6. The Morgan fingerprint density at radius 3 is 1.97 bits per heavy atom. The van der Waals surface area contributed by atoms with E-state index in [-0.39, 0.29) is 0 Å². The van der Waals surface area contributed by atoms with Crippen LogP contribution in [0.2, 0.25) is 38.3 Å². The lowest BCUT2D eigenvalue weighted by Gasteiger charge is -2.35. The topological polar surface area (TPSA) is 55.4 Å². The van der Waals surface area contributed by atoms with Gasteiger partial charge in [0.25, 0.3) is 5.95 Å². The van der Waals surface area contributed by atoms with Gasteiger partial charge in [-0.2, -0.15) is 0 Å². The summed E-state index contributed by atoms with van der Waals surface area (Å²) in [4.78, 5) is 0. The van der Waals surface area contributed by atoms with Crippen LogP contribution in [0.25, 0.3) is 0 Å². The third kappa shape index (κ3) is 11.7. The predicted molar refractivity (Wildman–Crippen MR) is 127 cm³/mol. The largest absolute Gasteiger partial charge is 0.499 e. The summed E-state index contributed by atoms with van der Waals surface area (Å²) in [5, 5.41) is 0. The number of ether oxygens (including phenoxy) is 1. The highest BCUT2D eigenvalue weighted by Gasteiger charge is 2.43. The average molecular weight is 467 g/mol. The second kappa shape index (κ2) is 14.0. The number of hydrogen-bond donors (Lipinski definition) is 0. The van der Waals surface area contributed by atoms with Gasteiger partial charge in [-0.25, -0.2) is 0 Å². The van der Waals surface area contributed by atoms with Crippen molar-refractivity contribution in [1.82, 2.24) is 0 Å². The molecular weight excluding hydrogens is 420 g/mol. The van der Waals surface area contributed by atoms with Gasteiger partial charge in [-0.15, -0.1) is 0 Å². The molecule has 0 saturated heterocycles. The van der Waals surface area contributed by atoms with E-state index in [4.69, 9.17) is 26.6 Å². The van der Waals surface area contributed by atoms with Crippen LogP contribution in [0.3, 0.4) is 0 Å². The standard InChI is InChI=1S/C20H46O6Si3/c1-11-14-15-19(12-2)18-24-20(13-3)25-28(9,10)26-27(7,8)16-17-29(21-4,22-5)23-6/h13,19H,11-12,14-18H2,1-10H3. The molecule has 174 valence electrons. The van der Waals surface area contributed by atoms with Gasteiger partial charge in [0.2, 0.25) is 0 Å². The van der Waals surface area contributed by atoms with Crippen molar-refractivity contribution in [2.24, 2.45) is 5.92 Å². The lowest BCUT2D eigenvalue weighted by Crippen LogP contribution is -2.49. The van der Waals surface area contributed by atoms with Crippen LogP contribution in [0.15, 0.2) is 12.0 Å². The summed E-state index contributed by atoms with van der Waals surface area (Å²) in [6.07, 6.45) is 6.68. The third-order valence-electron chi connectivity index (χ3n) is 5.08. The van der Waals surface area contributed by atoms with Crippen molar-refractivity contribution in [3.8, 4) is 0 Å². The second-order valence-corrected chi connectivity index (χ2v) is 19.4. The van der Waals surface area contributed by atoms with Gasteiger partial charge in [0.1, 0.15) is 0 Å². The summed E-state index contributed by atoms with van der Waals surface area (Å²) in [5.41, 5.74) is 0. The molecule has 0 bridgehead atoms. The van der Waals surface area contributed by atoms with Gasteiger partial charge >= 0.3 is 17.4 Å². The molecule has 0 aromatic rings. The Kier molecular flexibility index (Phi) is 13.9. The molecule has 29 heavy (non-hydrogen) atoms. The molecule has 9 heteroatoms. The molecule has 0 aliphatic heterocycles. The van der Waals surface area contributed by atoms with Crippen molar-refractivity contribution in [1.29, 1.82) is 0 Å². The van der Waals surface area contributed by atoms with Crippen molar-refractivity contribution >= 4 is 25.7 Å². The summed E-state index contributed by atoms with van der Waals surface area (Å²) in [7, 11) is -2.04. The summed E-state index contributed by atoms with van der Waals surface area (Å²) >= 11 is 0. The Bertz CT molecular complexity index is 459. The van der Waals surface area contributed by atoms with Crippen LogP contribution in [0.4, 0.5) is 0 Å². The molecule has 0 aliphatic carbocycles. The van der Waals surface area contributed by atoms with Crippen molar-refractivity contribution < 1.29 is 26.6 Å². The Morgan fingerprint density at radius 1 is 0.931 bits per heavy atom. The Labute approximate surface area is 183 Å². The van der Waals surface area contributed by atoms with Crippen molar-refractivity contribution in [2.45, 2.75) is 84.7 Å². The molecule has 6 nitrogen and oxygen atoms in total. The molecule has 0 heterocycles. The predicted octanol–water partition coefficient (Wildman–Crippen LogP) is 5.90. The van der Waals surface area contributed by atoms with E-state index >= 15 is 0 Å². The van der Waals surface area contributed by atoms with Crippen LogP contribution >= 0.6 is 0 Å². The summed E-state index contributed by atoms with van der Waals surface area (Å²) in [6, 6.07) is 1.62. The molecule has 0 amide bonds. The van der Waals surface area contributed by atoms with Crippen LogP contribution in [-0.4, -0.2) is 53.6 Å². The second-order valence-electron chi connectivity index (χ2n) is 8.49. The number of unbranched alkanes of at least 4 members (excludes halogenated alkanes) is 1. The minimum absolute atomic E-state index is 0.570. The normalized spacial score (nSPS) is 14.8. The lowest BCUT2D eigenvalue weighted by molar-refractivity contribution is 0.0633. The van der Waals surface area contributed by atoms with Crippen LogP contribution in [0, 0.1) is 5.92 Å². The van der Waals surface area contributed by atoms with Crippen LogP contribution in [0.5, 0.6) is 0 Å². The molecule has 0 spiro atoms. The zero-order chi connectivity index (χ0) is 22.6. The zero-order valence-corrected chi connectivity index (χ0v) is 23.6. The lowest BCUT2D eigenvalue weighted by atomic mass is 10.0. The van der Waals surface area contributed by atoms with E-state index in [9.17, 15) is 0 Å². The molecular formula is C20H46O6Si3. The van der Waals surface area contributed by atoms with Gasteiger partial charge in [0.05, 0.1) is 6.61 Å². The maximum Gasteiger partial charge on any atom is 0.499 e. The molecule has 0 aromatic heterocycles. The third-order valence-corrected chi connectivity index (χ3v) is 14.6. The molecule has 1 unspecified atom stereocenters. The monoisotopic (exact) mass is 466 g/mol. The molecule has 0 saturated carbocycles. The highest BCUT2D eigenvalue weighted by atomic mass is 28.4. The van der Waals surface area contributed by atoms with Crippen LogP contribution in [-0.2, 0) is 26.6 Å². The highest BCUT2D eigenvalue weighted by molar-refractivity contribution is 6.83. The Balaban J connectivity index is 4.79. The van der Waals surface area contributed by atoms with Gasteiger partial charge in [0.15, 0.2) is 8.32 Å². The fourth-order valence-corrected chi connectivity index (χ4v) is 14.6. The van der Waals surface area contributed by atoms with E-state index < -0.39 is 25.7 Å². The van der Waals surface area contributed by atoms with E-state index in [2.05, 4.69) is 40.0 Å². The molecule has 0 radical (unpaired) electrons. The minimum atomic E-state index is -2.59. The van der Waals surface area contributed by atoms with E-state index in [1.54, 1.807) is 21.3 Å². The Morgan fingerprint density at radius 2 is 1.52 bits per heavy atom. The molecule has 0 aliphatic rings. The molecule has 0 rings (SSSR count). The zero-order valence-electron chi connectivity index (χ0n) is 20.6. The van der Waals surface area contributed by atoms with E-state index in [1.165, 1.54) is 19.3 Å². The first kappa shape index (κ1) is 28.8. The fraction of sp³-hybridized carbons (Fsp3) is 0.900. The van der Waals surface area contributed by atoms with E-state index in [0.717, 1.165) is 18.5 Å². The maximum atomic E-state index is 6.57. The number of allylic oxidation sites excluding steroid dienone is 1. The summed E-state index contributed by atoms with van der Waals surface area (Å²) in [5.74, 6) is 1.16. The summed E-state index contributed by atoms with van der Waals surface area (Å²) in [6.45, 7) is 15.7. The van der Waals surface area contributed by atoms with Gasteiger partial charge in [0, 0.05) is 27.4 Å². The van der Waals surface area contributed by atoms with E-state index in [0.29, 0.717) is 18.5 Å². The number of rotatable bonds is 17. The molecule has 0 fully saturated rings. The van der Waals surface area contributed by atoms with Crippen molar-refractivity contribution in [3.63, 3.8) is 0 Å². The van der Waals surface area contributed by atoms with Crippen LogP contribution in [0.1, 0.15) is 46.5 Å². The first-order chi connectivity index (χ1) is 13.5. The van der Waals surface area contributed by atoms with Gasteiger partial charge < -0.3 is 26.6 Å². The summed E-state index contributed by atoms with van der Waals surface area (Å²) < 4.78 is 35.5. The van der Waals surface area contributed by atoms with E-state index in [1.807, 2.05) is 13.0 Å². The van der Waals surface area contributed by atoms with Crippen molar-refractivity contribution in [3.05, 3.63) is 12.0 Å². The maximum absolute atomic E-state index is 6.57. The quantitative estimate of drug-likeness (QED) is 0.196. The highest BCUT2D eigenvalue weighted by Crippen LogP contribution is 2.27. The first-order valence-electron chi connectivity index (χ1n) is 10.9. The smallest absolute Gasteiger partial charge is 0.495 e. The van der Waals surface area contributed by atoms with Crippen LogP contribution < -0.4 is 0 Å². The minimum Gasteiger partial charge on any atom is -0.495 e. The Hall–Kier alpha value is -0.169.